The van der Waals surface area contributed by atoms with Crippen LogP contribution in [0.4, 0.5) is 5.69 Å². The van der Waals surface area contributed by atoms with E-state index < -0.39 is 10.8 Å². The first-order valence-electron chi connectivity index (χ1n) is 5.91. The van der Waals surface area contributed by atoms with E-state index in [0.29, 0.717) is 23.0 Å². The third kappa shape index (κ3) is 4.49. The van der Waals surface area contributed by atoms with E-state index in [1.807, 2.05) is 26.8 Å². The Labute approximate surface area is 110 Å². The standard InChI is InChI=1S/C13H20N2O2S/c1-9(2)7-15-13(16)8-18(17)12-6-11(14)5-4-10(12)3/h4-6,9H,7-8,14H2,1-3H3,(H,15,16). The maximum Gasteiger partial charge on any atom is 0.233 e. The fourth-order valence-electron chi connectivity index (χ4n) is 1.43. The van der Waals surface area contributed by atoms with Crippen molar-refractivity contribution in [2.75, 3.05) is 18.0 Å². The maximum absolute atomic E-state index is 12.1. The molecule has 0 saturated carbocycles. The van der Waals surface area contributed by atoms with E-state index in [0.717, 1.165) is 5.56 Å². The molecule has 1 rings (SSSR count). The normalized spacial score (nSPS) is 12.4. The molecule has 0 fully saturated rings. The van der Waals surface area contributed by atoms with Crippen molar-refractivity contribution in [2.24, 2.45) is 5.92 Å². The molecule has 0 heterocycles. The van der Waals surface area contributed by atoms with Gasteiger partial charge in [-0.2, -0.15) is 0 Å². The molecule has 0 aromatic heterocycles. The number of amides is 1. The van der Waals surface area contributed by atoms with Gasteiger partial charge in [-0.3, -0.25) is 9.00 Å². The predicted octanol–water partition coefficient (Wildman–Crippen LogP) is 1.46. The molecule has 0 bridgehead atoms. The molecular formula is C13H20N2O2S. The number of hydrogen-bond donors (Lipinski definition) is 2. The first kappa shape index (κ1) is 14.7. The lowest BCUT2D eigenvalue weighted by Crippen LogP contribution is -2.31. The van der Waals surface area contributed by atoms with Gasteiger partial charge in [0.2, 0.25) is 5.91 Å². The number of nitrogen functional groups attached to an aromatic ring is 1. The van der Waals surface area contributed by atoms with Crippen molar-refractivity contribution in [2.45, 2.75) is 25.7 Å². The molecule has 3 N–H and O–H groups in total. The summed E-state index contributed by atoms with van der Waals surface area (Å²) in [6.45, 7) is 6.49. The lowest BCUT2D eigenvalue weighted by Gasteiger charge is -2.09. The lowest BCUT2D eigenvalue weighted by molar-refractivity contribution is -0.118. The van der Waals surface area contributed by atoms with Gasteiger partial charge in [-0.1, -0.05) is 19.9 Å². The summed E-state index contributed by atoms with van der Waals surface area (Å²) >= 11 is 0. The molecule has 1 atom stereocenters. The van der Waals surface area contributed by atoms with Crippen molar-refractivity contribution in [3.05, 3.63) is 23.8 Å². The van der Waals surface area contributed by atoms with Gasteiger partial charge >= 0.3 is 0 Å². The summed E-state index contributed by atoms with van der Waals surface area (Å²) in [6, 6.07) is 5.24. The molecule has 1 aromatic carbocycles. The average Bonchev–Trinajstić information content (AvgIpc) is 2.29. The number of rotatable bonds is 5. The number of anilines is 1. The van der Waals surface area contributed by atoms with E-state index >= 15 is 0 Å². The summed E-state index contributed by atoms with van der Waals surface area (Å²) in [7, 11) is -1.34. The van der Waals surface area contributed by atoms with E-state index in [2.05, 4.69) is 5.32 Å². The highest BCUT2D eigenvalue weighted by Crippen LogP contribution is 2.16. The van der Waals surface area contributed by atoms with Crippen LogP contribution in [-0.2, 0) is 15.6 Å². The van der Waals surface area contributed by atoms with Gasteiger partial charge in [0.1, 0.15) is 5.75 Å². The highest BCUT2D eigenvalue weighted by molar-refractivity contribution is 7.85. The van der Waals surface area contributed by atoms with Crippen LogP contribution in [0.25, 0.3) is 0 Å². The van der Waals surface area contributed by atoms with Crippen LogP contribution < -0.4 is 11.1 Å². The minimum Gasteiger partial charge on any atom is -0.399 e. The summed E-state index contributed by atoms with van der Waals surface area (Å²) in [5.41, 5.74) is 7.11. The van der Waals surface area contributed by atoms with Gasteiger partial charge in [0.25, 0.3) is 0 Å². The molecule has 0 aliphatic rings. The molecule has 0 aliphatic heterocycles. The van der Waals surface area contributed by atoms with Gasteiger partial charge in [0, 0.05) is 17.1 Å². The molecule has 4 nitrogen and oxygen atoms in total. The second kappa shape index (κ2) is 6.54. The minimum absolute atomic E-state index is 0.0169. The summed E-state index contributed by atoms with van der Waals surface area (Å²) in [4.78, 5) is 12.2. The molecule has 1 aromatic rings. The number of nitrogens with two attached hydrogens (primary N) is 1. The van der Waals surface area contributed by atoms with E-state index in [1.54, 1.807) is 12.1 Å². The second-order valence-electron chi connectivity index (χ2n) is 4.71. The first-order chi connectivity index (χ1) is 8.40. The van der Waals surface area contributed by atoms with E-state index in [-0.39, 0.29) is 11.7 Å². The van der Waals surface area contributed by atoms with Crippen LogP contribution in [0.2, 0.25) is 0 Å². The summed E-state index contributed by atoms with van der Waals surface area (Å²) in [6.07, 6.45) is 0. The van der Waals surface area contributed by atoms with Crippen LogP contribution in [-0.4, -0.2) is 22.4 Å². The summed E-state index contributed by atoms with van der Waals surface area (Å²) < 4.78 is 12.1. The van der Waals surface area contributed by atoms with Gasteiger partial charge in [0.15, 0.2) is 0 Å². The quantitative estimate of drug-likeness (QED) is 0.794. The Bertz CT molecular complexity index is 458. The van der Waals surface area contributed by atoms with Crippen molar-refractivity contribution in [3.8, 4) is 0 Å². The molecule has 1 unspecified atom stereocenters. The molecule has 18 heavy (non-hydrogen) atoms. The Balaban J connectivity index is 2.65. The van der Waals surface area contributed by atoms with E-state index in [9.17, 15) is 9.00 Å². The third-order valence-corrected chi connectivity index (χ3v) is 3.88. The topological polar surface area (TPSA) is 72.2 Å². The number of hydrogen-bond acceptors (Lipinski definition) is 3. The van der Waals surface area contributed by atoms with Crippen molar-refractivity contribution >= 4 is 22.4 Å². The van der Waals surface area contributed by atoms with E-state index in [1.165, 1.54) is 0 Å². The maximum atomic E-state index is 12.1. The van der Waals surface area contributed by atoms with Crippen LogP contribution in [0, 0.1) is 12.8 Å². The van der Waals surface area contributed by atoms with Crippen molar-refractivity contribution in [1.29, 1.82) is 0 Å². The Morgan fingerprint density at radius 1 is 1.44 bits per heavy atom. The fraction of sp³-hybridized carbons (Fsp3) is 0.462. The van der Waals surface area contributed by atoms with Crippen molar-refractivity contribution < 1.29 is 9.00 Å². The summed E-state index contributed by atoms with van der Waals surface area (Å²) in [5.74, 6) is 0.178. The Kier molecular flexibility index (Phi) is 5.34. The molecular weight excluding hydrogens is 248 g/mol. The largest absolute Gasteiger partial charge is 0.399 e. The molecule has 5 heteroatoms. The minimum atomic E-state index is -1.34. The monoisotopic (exact) mass is 268 g/mol. The smallest absolute Gasteiger partial charge is 0.233 e. The van der Waals surface area contributed by atoms with Crippen LogP contribution in [0.5, 0.6) is 0 Å². The highest BCUT2D eigenvalue weighted by atomic mass is 32.2. The second-order valence-corrected chi connectivity index (χ2v) is 6.13. The van der Waals surface area contributed by atoms with Crippen molar-refractivity contribution in [3.63, 3.8) is 0 Å². The van der Waals surface area contributed by atoms with Crippen molar-refractivity contribution in [1.82, 2.24) is 5.32 Å². The van der Waals surface area contributed by atoms with Crippen LogP contribution in [0.3, 0.4) is 0 Å². The lowest BCUT2D eigenvalue weighted by atomic mass is 10.2. The zero-order chi connectivity index (χ0) is 13.7. The van der Waals surface area contributed by atoms with Crippen LogP contribution >= 0.6 is 0 Å². The highest BCUT2D eigenvalue weighted by Gasteiger charge is 2.12. The van der Waals surface area contributed by atoms with Gasteiger partial charge in [0.05, 0.1) is 10.8 Å². The number of aryl methyl sites for hydroxylation is 1. The zero-order valence-corrected chi connectivity index (χ0v) is 11.8. The number of nitrogens with one attached hydrogen (secondary N) is 1. The molecule has 0 aliphatic carbocycles. The SMILES string of the molecule is Cc1ccc(N)cc1S(=O)CC(=O)NCC(C)C. The number of carbonyl (C=O) groups is 1. The predicted molar refractivity (Wildman–Crippen MR) is 74.7 cm³/mol. The molecule has 100 valence electrons. The summed E-state index contributed by atoms with van der Waals surface area (Å²) in [5, 5.41) is 2.75. The van der Waals surface area contributed by atoms with Gasteiger partial charge in [-0.25, -0.2) is 0 Å². The van der Waals surface area contributed by atoms with Crippen LogP contribution in [0.1, 0.15) is 19.4 Å². The molecule has 0 radical (unpaired) electrons. The molecule has 0 saturated heterocycles. The Morgan fingerprint density at radius 3 is 2.72 bits per heavy atom. The number of benzene rings is 1. The van der Waals surface area contributed by atoms with Crippen LogP contribution in [0.15, 0.2) is 23.1 Å². The Hall–Kier alpha value is -1.36. The number of carbonyl (C=O) groups excluding carboxylic acids is 1. The van der Waals surface area contributed by atoms with E-state index in [4.69, 9.17) is 5.73 Å². The van der Waals surface area contributed by atoms with Gasteiger partial charge < -0.3 is 11.1 Å². The molecule has 1 amide bonds. The third-order valence-electron chi connectivity index (χ3n) is 2.43. The zero-order valence-electron chi connectivity index (χ0n) is 11.0. The molecule has 0 spiro atoms. The average molecular weight is 268 g/mol. The first-order valence-corrected chi connectivity index (χ1v) is 7.23. The van der Waals surface area contributed by atoms with Gasteiger partial charge in [-0.15, -0.1) is 0 Å². The fourth-order valence-corrected chi connectivity index (χ4v) is 2.62. The van der Waals surface area contributed by atoms with Gasteiger partial charge in [-0.05, 0) is 30.5 Å². The Morgan fingerprint density at radius 2 is 2.11 bits per heavy atom.